The maximum absolute atomic E-state index is 13.8. The third-order valence-corrected chi connectivity index (χ3v) is 8.58. The Morgan fingerprint density at radius 3 is 2.33 bits per heavy atom. The van der Waals surface area contributed by atoms with Crippen LogP contribution in [-0.4, -0.2) is 63.0 Å². The van der Waals surface area contributed by atoms with Crippen molar-refractivity contribution < 1.29 is 28.7 Å². The van der Waals surface area contributed by atoms with Gasteiger partial charge in [-0.05, 0) is 16.5 Å². The minimum Gasteiger partial charge on any atom is -0.461 e. The Morgan fingerprint density at radius 1 is 1.05 bits per heavy atom. The van der Waals surface area contributed by atoms with E-state index in [1.807, 2.05) is 60.7 Å². The monoisotopic (exact) mass is 641 g/mol. The van der Waals surface area contributed by atoms with Crippen LogP contribution in [0.4, 0.5) is 0 Å². The van der Waals surface area contributed by atoms with E-state index >= 15 is 0 Å². The SMILES string of the molecule is O=C(Cc1nccs1)NC1C(=O)N2C(C(=O)OC(c3ccccc3)c3ccccc3)C(C(=O)OCCBr)=CS[C@H]12. The number of nitrogens with zero attached hydrogens (tertiary/aromatic N) is 2. The topological polar surface area (TPSA) is 115 Å². The van der Waals surface area contributed by atoms with Crippen LogP contribution < -0.4 is 5.32 Å². The second kappa shape index (κ2) is 12.8. The van der Waals surface area contributed by atoms with E-state index in [-0.39, 0.29) is 24.5 Å². The van der Waals surface area contributed by atoms with Crippen LogP contribution in [0.3, 0.4) is 0 Å². The van der Waals surface area contributed by atoms with Crippen LogP contribution in [0.15, 0.2) is 83.2 Å². The smallest absolute Gasteiger partial charge is 0.337 e. The molecule has 2 aromatic carbocycles. The van der Waals surface area contributed by atoms with Gasteiger partial charge in [0.25, 0.3) is 0 Å². The van der Waals surface area contributed by atoms with E-state index in [2.05, 4.69) is 26.2 Å². The number of aromatic nitrogens is 1. The average molecular weight is 643 g/mol. The maximum Gasteiger partial charge on any atom is 0.337 e. The number of carbonyl (C=O) groups is 4. The number of benzene rings is 2. The van der Waals surface area contributed by atoms with Crippen LogP contribution in [0.2, 0.25) is 0 Å². The van der Waals surface area contributed by atoms with Crippen molar-refractivity contribution in [2.45, 2.75) is 30.0 Å². The van der Waals surface area contributed by atoms with E-state index in [0.29, 0.717) is 10.3 Å². The first-order valence-corrected chi connectivity index (χ1v) is 15.3. The number of esters is 2. The number of hydrogen-bond donors (Lipinski definition) is 1. The Balaban J connectivity index is 1.40. The van der Waals surface area contributed by atoms with E-state index in [0.717, 1.165) is 11.1 Å². The largest absolute Gasteiger partial charge is 0.461 e. The van der Waals surface area contributed by atoms with Crippen molar-refractivity contribution in [2.24, 2.45) is 0 Å². The van der Waals surface area contributed by atoms with Gasteiger partial charge in [-0.25, -0.2) is 14.6 Å². The zero-order valence-electron chi connectivity index (χ0n) is 21.0. The average Bonchev–Trinajstić information content (AvgIpc) is 3.50. The molecule has 2 aliphatic heterocycles. The number of rotatable bonds is 10. The summed E-state index contributed by atoms with van der Waals surface area (Å²) in [4.78, 5) is 58.1. The fourth-order valence-electron chi connectivity index (χ4n) is 4.48. The fraction of sp³-hybridized carbons (Fsp3) is 0.250. The molecule has 0 bridgehead atoms. The second-order valence-corrected chi connectivity index (χ2v) is 11.6. The molecule has 40 heavy (non-hydrogen) atoms. The highest BCUT2D eigenvalue weighted by Gasteiger charge is 2.57. The van der Waals surface area contributed by atoms with Gasteiger partial charge in [-0.2, -0.15) is 0 Å². The molecule has 3 atom stereocenters. The van der Waals surface area contributed by atoms with Gasteiger partial charge in [-0.1, -0.05) is 76.6 Å². The van der Waals surface area contributed by atoms with Crippen LogP contribution in [0.25, 0.3) is 0 Å². The molecule has 0 saturated carbocycles. The van der Waals surface area contributed by atoms with Crippen molar-refractivity contribution >= 4 is 62.8 Å². The Kier molecular flexibility index (Phi) is 8.98. The van der Waals surface area contributed by atoms with Gasteiger partial charge in [-0.3, -0.25) is 9.59 Å². The van der Waals surface area contributed by atoms with E-state index in [1.165, 1.54) is 33.4 Å². The number of amides is 2. The van der Waals surface area contributed by atoms with Crippen LogP contribution in [0.5, 0.6) is 0 Å². The zero-order chi connectivity index (χ0) is 28.1. The van der Waals surface area contributed by atoms with Crippen molar-refractivity contribution in [1.29, 1.82) is 0 Å². The van der Waals surface area contributed by atoms with Crippen molar-refractivity contribution in [3.63, 3.8) is 0 Å². The van der Waals surface area contributed by atoms with Gasteiger partial charge in [0.2, 0.25) is 11.8 Å². The Bertz CT molecular complexity index is 1360. The number of ether oxygens (including phenoxy) is 2. The molecule has 1 N–H and O–H groups in total. The standard InChI is InChI=1S/C28H24BrN3O6S2/c29-11-13-37-27(35)19-16-40-26-22(31-20(33)15-21-30-12-14-39-21)25(34)32(26)23(19)28(36)38-24(17-7-3-1-4-8-17)18-9-5-2-6-10-18/h1-10,12,14,16,22-24,26H,11,13,15H2,(H,31,33)/t22?,23?,26-/m1/s1. The van der Waals surface area contributed by atoms with Gasteiger partial charge >= 0.3 is 11.9 Å². The van der Waals surface area contributed by atoms with Gasteiger partial charge < -0.3 is 19.7 Å². The quantitative estimate of drug-likeness (QED) is 0.203. The lowest BCUT2D eigenvalue weighted by Gasteiger charge is -2.51. The summed E-state index contributed by atoms with van der Waals surface area (Å²) in [7, 11) is 0. The summed E-state index contributed by atoms with van der Waals surface area (Å²) in [5.74, 6) is -2.33. The van der Waals surface area contributed by atoms with E-state index in [4.69, 9.17) is 9.47 Å². The maximum atomic E-state index is 13.8. The molecule has 0 spiro atoms. The van der Waals surface area contributed by atoms with E-state index in [1.54, 1.807) is 11.6 Å². The van der Waals surface area contributed by atoms with Crippen molar-refractivity contribution in [2.75, 3.05) is 11.9 Å². The Morgan fingerprint density at radius 2 is 1.73 bits per heavy atom. The molecular formula is C28H24BrN3O6S2. The summed E-state index contributed by atoms with van der Waals surface area (Å²) >= 11 is 5.74. The van der Waals surface area contributed by atoms with Gasteiger partial charge in [0.05, 0.1) is 12.0 Å². The molecule has 3 aromatic rings. The molecule has 12 heteroatoms. The first kappa shape index (κ1) is 28.1. The minimum absolute atomic E-state index is 0.00739. The first-order chi connectivity index (χ1) is 19.5. The van der Waals surface area contributed by atoms with Crippen LogP contribution in [-0.2, 0) is 35.1 Å². The molecule has 1 saturated heterocycles. The van der Waals surface area contributed by atoms with Gasteiger partial charge in [0.15, 0.2) is 12.1 Å². The molecule has 5 rings (SSSR count). The van der Waals surface area contributed by atoms with Crippen LogP contribution >= 0.6 is 39.0 Å². The number of thioether (sulfide) groups is 1. The summed E-state index contributed by atoms with van der Waals surface area (Å²) in [6, 6.07) is 16.3. The lowest BCUT2D eigenvalue weighted by Crippen LogP contribution is -2.74. The van der Waals surface area contributed by atoms with Crippen molar-refractivity contribution in [3.8, 4) is 0 Å². The second-order valence-electron chi connectivity index (χ2n) is 8.86. The fourth-order valence-corrected chi connectivity index (χ4v) is 6.46. The number of fused-ring (bicyclic) bond motifs is 1. The lowest BCUT2D eigenvalue weighted by molar-refractivity contribution is -0.167. The Hall–Kier alpha value is -3.48. The molecule has 9 nitrogen and oxygen atoms in total. The molecule has 2 amide bonds. The number of alkyl halides is 1. The molecule has 1 aromatic heterocycles. The summed E-state index contributed by atoms with van der Waals surface area (Å²) in [5.41, 5.74) is 1.48. The number of hydrogen-bond acceptors (Lipinski definition) is 9. The van der Waals surface area contributed by atoms with Gasteiger partial charge in [0, 0.05) is 16.9 Å². The predicted octanol–water partition coefficient (Wildman–Crippen LogP) is 3.61. The molecule has 206 valence electrons. The van der Waals surface area contributed by atoms with Crippen molar-refractivity contribution in [1.82, 2.24) is 15.2 Å². The highest BCUT2D eigenvalue weighted by atomic mass is 79.9. The molecule has 2 unspecified atom stereocenters. The number of halogens is 1. The first-order valence-electron chi connectivity index (χ1n) is 12.4. The number of nitrogens with one attached hydrogen (secondary N) is 1. The number of carbonyl (C=O) groups excluding carboxylic acids is 4. The normalized spacial score (nSPS) is 19.8. The summed E-state index contributed by atoms with van der Waals surface area (Å²) < 4.78 is 11.3. The zero-order valence-corrected chi connectivity index (χ0v) is 24.2. The summed E-state index contributed by atoms with van der Waals surface area (Å²) in [6.45, 7) is 0.0894. The third-order valence-electron chi connectivity index (χ3n) is 6.31. The minimum atomic E-state index is -1.33. The van der Waals surface area contributed by atoms with Crippen LogP contribution in [0, 0.1) is 0 Å². The molecule has 0 radical (unpaired) electrons. The number of thiazole rings is 1. The number of β-lactam (4-membered cyclic amide) rings is 1. The summed E-state index contributed by atoms with van der Waals surface area (Å²) in [6.07, 6.45) is 0.878. The molecule has 2 aliphatic rings. The molecule has 1 fully saturated rings. The Labute approximate surface area is 247 Å². The summed E-state index contributed by atoms with van der Waals surface area (Å²) in [5, 5.41) is 6.49. The molecule has 0 aliphatic carbocycles. The highest BCUT2D eigenvalue weighted by molar-refractivity contribution is 9.09. The molecular weight excluding hydrogens is 618 g/mol. The lowest BCUT2D eigenvalue weighted by atomic mass is 9.97. The van der Waals surface area contributed by atoms with E-state index < -0.39 is 41.4 Å². The third kappa shape index (κ3) is 5.98. The van der Waals surface area contributed by atoms with Gasteiger partial charge in [0.1, 0.15) is 23.0 Å². The van der Waals surface area contributed by atoms with E-state index in [9.17, 15) is 19.2 Å². The van der Waals surface area contributed by atoms with Crippen molar-refractivity contribution in [3.05, 3.63) is 99.4 Å². The van der Waals surface area contributed by atoms with Crippen LogP contribution in [0.1, 0.15) is 22.2 Å². The van der Waals surface area contributed by atoms with Gasteiger partial charge in [-0.15, -0.1) is 23.1 Å². The molecule has 3 heterocycles. The predicted molar refractivity (Wildman–Crippen MR) is 153 cm³/mol. The highest BCUT2D eigenvalue weighted by Crippen LogP contribution is 2.41.